The first-order chi connectivity index (χ1) is 11.2. The first-order valence-electron chi connectivity index (χ1n) is 7.28. The number of carbonyl (C=O) groups excluding carboxylic acids is 1. The van der Waals surface area contributed by atoms with Crippen molar-refractivity contribution in [1.82, 2.24) is 4.72 Å². The normalized spacial score (nSPS) is 11.4. The SMILES string of the molecule is CNS(=O)(=O)c1cc(C(=O)Nc2ccc(Br)c(C)c2)cc(C)c1C. The Kier molecular flexibility index (Phi) is 5.47. The van der Waals surface area contributed by atoms with Crippen molar-refractivity contribution in [1.29, 1.82) is 0 Å². The van der Waals surface area contributed by atoms with Gasteiger partial charge in [-0.15, -0.1) is 0 Å². The van der Waals surface area contributed by atoms with Crippen molar-refractivity contribution < 1.29 is 13.2 Å². The van der Waals surface area contributed by atoms with Crippen LogP contribution in [0.4, 0.5) is 5.69 Å². The molecule has 0 spiro atoms. The molecule has 24 heavy (non-hydrogen) atoms. The van der Waals surface area contributed by atoms with E-state index in [0.717, 1.165) is 15.6 Å². The second-order valence-corrected chi connectivity index (χ2v) is 8.25. The second kappa shape index (κ2) is 7.04. The average Bonchev–Trinajstić information content (AvgIpc) is 2.53. The van der Waals surface area contributed by atoms with E-state index in [2.05, 4.69) is 26.0 Å². The Labute approximate surface area is 150 Å². The number of halogens is 1. The van der Waals surface area contributed by atoms with Crippen molar-refractivity contribution in [2.45, 2.75) is 25.7 Å². The van der Waals surface area contributed by atoms with Gasteiger partial charge in [-0.25, -0.2) is 13.1 Å². The van der Waals surface area contributed by atoms with Gasteiger partial charge in [-0.3, -0.25) is 4.79 Å². The summed E-state index contributed by atoms with van der Waals surface area (Å²) < 4.78 is 27.5. The summed E-state index contributed by atoms with van der Waals surface area (Å²) in [5.74, 6) is -0.354. The number of aryl methyl sites for hydroxylation is 2. The summed E-state index contributed by atoms with van der Waals surface area (Å²) >= 11 is 3.41. The zero-order valence-electron chi connectivity index (χ0n) is 13.9. The van der Waals surface area contributed by atoms with Crippen LogP contribution in [0.15, 0.2) is 39.7 Å². The third-order valence-electron chi connectivity index (χ3n) is 3.86. The van der Waals surface area contributed by atoms with Crippen molar-refractivity contribution in [2.75, 3.05) is 12.4 Å². The van der Waals surface area contributed by atoms with Crippen LogP contribution >= 0.6 is 15.9 Å². The summed E-state index contributed by atoms with van der Waals surface area (Å²) in [4.78, 5) is 12.6. The van der Waals surface area contributed by atoms with E-state index in [1.54, 1.807) is 26.0 Å². The standard InChI is InChI=1S/C17H19BrN2O3S/c1-10-7-13(9-16(12(10)3)24(22,23)19-4)17(21)20-14-5-6-15(18)11(2)8-14/h5-9,19H,1-4H3,(H,20,21). The highest BCUT2D eigenvalue weighted by Crippen LogP contribution is 2.23. The number of rotatable bonds is 4. The molecule has 2 rings (SSSR count). The summed E-state index contributed by atoms with van der Waals surface area (Å²) in [5, 5.41) is 2.79. The first-order valence-corrected chi connectivity index (χ1v) is 9.55. The lowest BCUT2D eigenvalue weighted by atomic mass is 10.1. The predicted octanol–water partition coefficient (Wildman–Crippen LogP) is 3.53. The molecule has 5 nitrogen and oxygen atoms in total. The molecular weight excluding hydrogens is 392 g/mol. The van der Waals surface area contributed by atoms with Gasteiger partial charge in [0.2, 0.25) is 10.0 Å². The van der Waals surface area contributed by atoms with Crippen LogP contribution in [0, 0.1) is 20.8 Å². The monoisotopic (exact) mass is 410 g/mol. The summed E-state index contributed by atoms with van der Waals surface area (Å²) in [6, 6.07) is 8.55. The van der Waals surface area contributed by atoms with Gasteiger partial charge >= 0.3 is 0 Å². The fourth-order valence-electron chi connectivity index (χ4n) is 2.27. The van der Waals surface area contributed by atoms with Crippen molar-refractivity contribution in [3.8, 4) is 0 Å². The van der Waals surface area contributed by atoms with E-state index >= 15 is 0 Å². The predicted molar refractivity (Wildman–Crippen MR) is 99.0 cm³/mol. The van der Waals surface area contributed by atoms with Gasteiger partial charge in [-0.1, -0.05) is 15.9 Å². The van der Waals surface area contributed by atoms with Gasteiger partial charge < -0.3 is 5.32 Å². The Hall–Kier alpha value is -1.70. The Bertz CT molecular complexity index is 908. The molecule has 0 aromatic heterocycles. The fourth-order valence-corrected chi connectivity index (χ4v) is 3.59. The zero-order chi connectivity index (χ0) is 18.1. The van der Waals surface area contributed by atoms with Gasteiger partial charge in [0.15, 0.2) is 0 Å². The third kappa shape index (κ3) is 3.85. The Morgan fingerprint density at radius 3 is 2.29 bits per heavy atom. The van der Waals surface area contributed by atoms with Crippen LogP contribution in [0.25, 0.3) is 0 Å². The molecule has 7 heteroatoms. The van der Waals surface area contributed by atoms with Gasteiger partial charge in [0.1, 0.15) is 0 Å². The summed E-state index contributed by atoms with van der Waals surface area (Å²) in [5.41, 5.74) is 3.31. The number of amides is 1. The van der Waals surface area contributed by atoms with Crippen LogP contribution in [0.1, 0.15) is 27.0 Å². The molecule has 0 bridgehead atoms. The van der Waals surface area contributed by atoms with Gasteiger partial charge in [-0.2, -0.15) is 0 Å². The van der Waals surface area contributed by atoms with Crippen LogP contribution in [0.3, 0.4) is 0 Å². The molecule has 0 aliphatic carbocycles. The average molecular weight is 411 g/mol. The van der Waals surface area contributed by atoms with Crippen molar-refractivity contribution in [3.05, 3.63) is 57.1 Å². The second-order valence-electron chi connectivity index (χ2n) is 5.54. The molecule has 0 aliphatic rings. The molecule has 2 aromatic rings. The molecular formula is C17H19BrN2O3S. The molecule has 2 N–H and O–H groups in total. The summed E-state index contributed by atoms with van der Waals surface area (Å²) in [7, 11) is -2.28. The lowest BCUT2D eigenvalue weighted by molar-refractivity contribution is 0.102. The van der Waals surface area contributed by atoms with Gasteiger partial charge in [0, 0.05) is 15.7 Å². The molecule has 1 amide bonds. The quantitative estimate of drug-likeness (QED) is 0.808. The lowest BCUT2D eigenvalue weighted by Gasteiger charge is -2.13. The smallest absolute Gasteiger partial charge is 0.255 e. The number of nitrogens with one attached hydrogen (secondary N) is 2. The summed E-state index contributed by atoms with van der Waals surface area (Å²) in [6.07, 6.45) is 0. The van der Waals surface area contributed by atoms with E-state index in [4.69, 9.17) is 0 Å². The summed E-state index contributed by atoms with van der Waals surface area (Å²) in [6.45, 7) is 5.43. The van der Waals surface area contributed by atoms with E-state index in [9.17, 15) is 13.2 Å². The number of sulfonamides is 1. The molecule has 128 valence electrons. The maximum absolute atomic E-state index is 12.5. The topological polar surface area (TPSA) is 75.3 Å². The third-order valence-corrected chi connectivity index (χ3v) is 6.29. The van der Waals surface area contributed by atoms with Gasteiger partial charge in [0.25, 0.3) is 5.91 Å². The van der Waals surface area contributed by atoms with Crippen molar-refractivity contribution in [2.24, 2.45) is 0 Å². The van der Waals surface area contributed by atoms with Crippen LogP contribution in [-0.4, -0.2) is 21.4 Å². The van der Waals surface area contributed by atoms with E-state index in [1.807, 2.05) is 19.1 Å². The maximum Gasteiger partial charge on any atom is 0.255 e. The largest absolute Gasteiger partial charge is 0.322 e. The van der Waals surface area contributed by atoms with Crippen LogP contribution in [0.5, 0.6) is 0 Å². The Morgan fingerprint density at radius 1 is 1.04 bits per heavy atom. The van der Waals surface area contributed by atoms with E-state index in [0.29, 0.717) is 16.8 Å². The van der Waals surface area contributed by atoms with Gasteiger partial charge in [-0.05, 0) is 74.8 Å². The Balaban J connectivity index is 2.41. The molecule has 0 saturated carbocycles. The molecule has 0 heterocycles. The number of carbonyl (C=O) groups is 1. The number of anilines is 1. The molecule has 0 unspecified atom stereocenters. The zero-order valence-corrected chi connectivity index (χ0v) is 16.3. The Morgan fingerprint density at radius 2 is 1.71 bits per heavy atom. The minimum absolute atomic E-state index is 0.113. The fraction of sp³-hybridized carbons (Fsp3) is 0.235. The maximum atomic E-state index is 12.5. The molecule has 0 radical (unpaired) electrons. The highest BCUT2D eigenvalue weighted by atomic mass is 79.9. The number of hydrogen-bond acceptors (Lipinski definition) is 3. The number of hydrogen-bond donors (Lipinski definition) is 2. The van der Waals surface area contributed by atoms with Crippen LogP contribution in [0.2, 0.25) is 0 Å². The minimum atomic E-state index is -3.63. The van der Waals surface area contributed by atoms with Crippen molar-refractivity contribution >= 4 is 37.5 Å². The van der Waals surface area contributed by atoms with E-state index in [1.165, 1.54) is 13.1 Å². The highest BCUT2D eigenvalue weighted by Gasteiger charge is 2.19. The lowest BCUT2D eigenvalue weighted by Crippen LogP contribution is -2.21. The van der Waals surface area contributed by atoms with E-state index < -0.39 is 10.0 Å². The highest BCUT2D eigenvalue weighted by molar-refractivity contribution is 9.10. The van der Waals surface area contributed by atoms with Crippen LogP contribution in [-0.2, 0) is 10.0 Å². The molecule has 0 atom stereocenters. The van der Waals surface area contributed by atoms with Crippen molar-refractivity contribution in [3.63, 3.8) is 0 Å². The molecule has 0 aliphatic heterocycles. The molecule has 0 saturated heterocycles. The molecule has 0 fully saturated rings. The minimum Gasteiger partial charge on any atom is -0.322 e. The van der Waals surface area contributed by atoms with Gasteiger partial charge in [0.05, 0.1) is 4.90 Å². The molecule has 2 aromatic carbocycles. The first kappa shape index (κ1) is 18.6. The van der Waals surface area contributed by atoms with E-state index in [-0.39, 0.29) is 10.8 Å². The number of benzene rings is 2. The van der Waals surface area contributed by atoms with Crippen LogP contribution < -0.4 is 10.0 Å².